The van der Waals surface area contributed by atoms with Gasteiger partial charge in [-0.25, -0.2) is 0 Å². The molecule has 3 amide bonds. The number of carbonyl (C=O) groups excluding carboxylic acids is 3. The normalized spacial score (nSPS) is 22.0. The fourth-order valence-electron chi connectivity index (χ4n) is 3.61. The molecule has 0 aromatic carbocycles. The second kappa shape index (κ2) is 8.10. The van der Waals surface area contributed by atoms with Gasteiger partial charge in [0.25, 0.3) is 0 Å². The first-order valence-electron chi connectivity index (χ1n) is 9.73. The van der Waals surface area contributed by atoms with Gasteiger partial charge in [0, 0.05) is 37.7 Å². The summed E-state index contributed by atoms with van der Waals surface area (Å²) < 4.78 is 5.15. The number of carbonyl (C=O) groups is 3. The van der Waals surface area contributed by atoms with Crippen molar-refractivity contribution in [2.24, 2.45) is 5.92 Å². The maximum atomic E-state index is 12.9. The third-order valence-corrected chi connectivity index (χ3v) is 5.28. The Kier molecular flexibility index (Phi) is 5.82. The molecule has 2 fully saturated rings. The van der Waals surface area contributed by atoms with Gasteiger partial charge in [-0.05, 0) is 40.0 Å². The zero-order chi connectivity index (χ0) is 19.6. The van der Waals surface area contributed by atoms with Gasteiger partial charge in [-0.15, -0.1) is 0 Å². The van der Waals surface area contributed by atoms with Crippen LogP contribution in [0, 0.1) is 12.8 Å². The van der Waals surface area contributed by atoms with E-state index in [-0.39, 0.29) is 36.1 Å². The zero-order valence-electron chi connectivity index (χ0n) is 16.2. The predicted octanol–water partition coefficient (Wildman–Crippen LogP) is 0.890. The topological polar surface area (TPSA) is 95.8 Å². The van der Waals surface area contributed by atoms with Crippen LogP contribution < -0.4 is 5.32 Å². The van der Waals surface area contributed by atoms with Crippen LogP contribution in [-0.4, -0.2) is 64.4 Å². The number of aryl methyl sites for hydroxylation is 1. The first-order valence-corrected chi connectivity index (χ1v) is 9.73. The molecule has 0 unspecified atom stereocenters. The molecule has 0 spiro atoms. The van der Waals surface area contributed by atoms with Crippen molar-refractivity contribution in [3.8, 4) is 0 Å². The van der Waals surface area contributed by atoms with Gasteiger partial charge in [0.15, 0.2) is 0 Å². The summed E-state index contributed by atoms with van der Waals surface area (Å²) in [6.07, 6.45) is 2.36. The minimum atomic E-state index is -0.550. The SMILES string of the molecule is CCN(CC)C(=O)[C@@H]1C[C@@H](NC(=O)C2CC2)CN1C(=O)Cc1cc(C)no1. The smallest absolute Gasteiger partial charge is 0.245 e. The van der Waals surface area contributed by atoms with E-state index in [1.807, 2.05) is 13.8 Å². The highest BCUT2D eigenvalue weighted by atomic mass is 16.5. The van der Waals surface area contributed by atoms with Crippen LogP contribution in [0.4, 0.5) is 0 Å². The van der Waals surface area contributed by atoms with Crippen LogP contribution >= 0.6 is 0 Å². The summed E-state index contributed by atoms with van der Waals surface area (Å²) in [5.74, 6) is 0.375. The molecule has 1 aromatic heterocycles. The number of nitrogens with zero attached hydrogens (tertiary/aromatic N) is 3. The lowest BCUT2D eigenvalue weighted by atomic mass is 10.1. The number of aromatic nitrogens is 1. The molecule has 2 aliphatic rings. The van der Waals surface area contributed by atoms with E-state index >= 15 is 0 Å². The second-order valence-corrected chi connectivity index (χ2v) is 7.40. The van der Waals surface area contributed by atoms with Gasteiger partial charge in [-0.3, -0.25) is 14.4 Å². The molecule has 1 aliphatic heterocycles. The number of hydrogen-bond donors (Lipinski definition) is 1. The average molecular weight is 376 g/mol. The predicted molar refractivity (Wildman–Crippen MR) is 97.6 cm³/mol. The lowest BCUT2D eigenvalue weighted by Gasteiger charge is -2.28. The Hall–Kier alpha value is -2.38. The molecule has 1 aromatic rings. The molecule has 0 radical (unpaired) electrons. The Balaban J connectivity index is 1.72. The van der Waals surface area contributed by atoms with Crippen molar-refractivity contribution < 1.29 is 18.9 Å². The van der Waals surface area contributed by atoms with E-state index in [1.165, 1.54) is 0 Å². The standard InChI is InChI=1S/C19H28N4O4/c1-4-22(5-2)19(26)16-9-14(20-18(25)13-6-7-13)11-23(16)17(24)10-15-8-12(3)21-27-15/h8,13-14,16H,4-7,9-11H2,1-3H3,(H,20,25)/t14-,16+/m1/s1. The van der Waals surface area contributed by atoms with E-state index in [4.69, 9.17) is 4.52 Å². The van der Waals surface area contributed by atoms with Crippen molar-refractivity contribution in [3.05, 3.63) is 17.5 Å². The molecular weight excluding hydrogens is 348 g/mol. The van der Waals surface area contributed by atoms with Gasteiger partial charge in [0.1, 0.15) is 11.8 Å². The van der Waals surface area contributed by atoms with Gasteiger partial charge >= 0.3 is 0 Å². The Morgan fingerprint density at radius 3 is 2.56 bits per heavy atom. The number of amides is 3. The van der Waals surface area contributed by atoms with Crippen molar-refractivity contribution >= 4 is 17.7 Å². The van der Waals surface area contributed by atoms with Gasteiger partial charge in [-0.1, -0.05) is 5.16 Å². The highest BCUT2D eigenvalue weighted by Crippen LogP contribution is 2.30. The quantitative estimate of drug-likeness (QED) is 0.762. The summed E-state index contributed by atoms with van der Waals surface area (Å²) >= 11 is 0. The molecule has 148 valence electrons. The van der Waals surface area contributed by atoms with Crippen LogP contribution in [0.1, 0.15) is 44.6 Å². The van der Waals surface area contributed by atoms with Crippen molar-refractivity contribution in [1.29, 1.82) is 0 Å². The van der Waals surface area contributed by atoms with E-state index < -0.39 is 6.04 Å². The average Bonchev–Trinajstić information content (AvgIpc) is 3.29. The third kappa shape index (κ3) is 4.48. The molecule has 8 nitrogen and oxygen atoms in total. The summed E-state index contributed by atoms with van der Waals surface area (Å²) in [6.45, 7) is 7.17. The van der Waals surface area contributed by atoms with Gasteiger partial charge < -0.3 is 19.6 Å². The van der Waals surface area contributed by atoms with Crippen molar-refractivity contribution in [3.63, 3.8) is 0 Å². The summed E-state index contributed by atoms with van der Waals surface area (Å²) in [5.41, 5.74) is 0.713. The van der Waals surface area contributed by atoms with E-state index in [9.17, 15) is 14.4 Å². The maximum Gasteiger partial charge on any atom is 0.245 e. The minimum absolute atomic E-state index is 0.0363. The van der Waals surface area contributed by atoms with Crippen molar-refractivity contribution in [1.82, 2.24) is 20.3 Å². The zero-order valence-corrected chi connectivity index (χ0v) is 16.2. The van der Waals surface area contributed by atoms with Crippen LogP contribution in [0.2, 0.25) is 0 Å². The number of likely N-dealkylation sites (tertiary alicyclic amines) is 1. The van der Waals surface area contributed by atoms with Crippen LogP contribution in [0.25, 0.3) is 0 Å². The van der Waals surface area contributed by atoms with E-state index in [2.05, 4.69) is 10.5 Å². The fourth-order valence-corrected chi connectivity index (χ4v) is 3.61. The van der Waals surface area contributed by atoms with E-state index in [0.29, 0.717) is 37.5 Å². The monoisotopic (exact) mass is 376 g/mol. The van der Waals surface area contributed by atoms with Crippen molar-refractivity contribution in [2.75, 3.05) is 19.6 Å². The Morgan fingerprint density at radius 1 is 1.30 bits per heavy atom. The van der Waals surface area contributed by atoms with E-state index in [0.717, 1.165) is 12.8 Å². The number of rotatable bonds is 7. The largest absolute Gasteiger partial charge is 0.361 e. The van der Waals surface area contributed by atoms with Gasteiger partial charge in [0.05, 0.1) is 12.1 Å². The molecule has 1 N–H and O–H groups in total. The molecule has 27 heavy (non-hydrogen) atoms. The fraction of sp³-hybridized carbons (Fsp3) is 0.684. The summed E-state index contributed by atoms with van der Waals surface area (Å²) in [5, 5.41) is 6.82. The van der Waals surface area contributed by atoms with Gasteiger partial charge in [-0.2, -0.15) is 0 Å². The highest BCUT2D eigenvalue weighted by Gasteiger charge is 2.42. The minimum Gasteiger partial charge on any atom is -0.361 e. The molecule has 3 rings (SSSR count). The van der Waals surface area contributed by atoms with E-state index in [1.54, 1.807) is 22.8 Å². The molecule has 2 heterocycles. The van der Waals surface area contributed by atoms with Crippen molar-refractivity contribution in [2.45, 2.75) is 58.5 Å². The molecule has 1 saturated heterocycles. The number of likely N-dealkylation sites (N-methyl/N-ethyl adjacent to an activating group) is 1. The molecule has 8 heteroatoms. The Morgan fingerprint density at radius 2 is 2.00 bits per heavy atom. The van der Waals surface area contributed by atoms with Crippen LogP contribution in [-0.2, 0) is 20.8 Å². The van der Waals surface area contributed by atoms with Crippen LogP contribution in [0.5, 0.6) is 0 Å². The lowest BCUT2D eigenvalue weighted by Crippen LogP contribution is -2.48. The molecule has 1 saturated carbocycles. The summed E-state index contributed by atoms with van der Waals surface area (Å²) in [6, 6.07) is 0.982. The maximum absolute atomic E-state index is 12.9. The first kappa shape index (κ1) is 19.4. The van der Waals surface area contributed by atoms with Crippen LogP contribution in [0.3, 0.4) is 0 Å². The second-order valence-electron chi connectivity index (χ2n) is 7.40. The summed E-state index contributed by atoms with van der Waals surface area (Å²) in [4.78, 5) is 41.3. The lowest BCUT2D eigenvalue weighted by molar-refractivity contribution is -0.143. The van der Waals surface area contributed by atoms with Crippen LogP contribution in [0.15, 0.2) is 10.6 Å². The molecular formula is C19H28N4O4. The number of hydrogen-bond acceptors (Lipinski definition) is 5. The highest BCUT2D eigenvalue weighted by molar-refractivity contribution is 5.89. The van der Waals surface area contributed by atoms with Gasteiger partial charge in [0.2, 0.25) is 17.7 Å². The Labute approximate surface area is 159 Å². The summed E-state index contributed by atoms with van der Waals surface area (Å²) in [7, 11) is 0. The first-order chi connectivity index (χ1) is 12.9. The number of nitrogens with one attached hydrogen (secondary N) is 1. The third-order valence-electron chi connectivity index (χ3n) is 5.28. The molecule has 0 bridgehead atoms. The Bertz CT molecular complexity index is 708. The molecule has 1 aliphatic carbocycles. The molecule has 2 atom stereocenters.